The Morgan fingerprint density at radius 3 is 2.33 bits per heavy atom. The molecule has 2 heterocycles. The van der Waals surface area contributed by atoms with Crippen molar-refractivity contribution in [1.29, 1.82) is 0 Å². The molecule has 0 saturated carbocycles. The summed E-state index contributed by atoms with van der Waals surface area (Å²) in [4.78, 5) is 4.41. The highest BCUT2D eigenvalue weighted by Crippen LogP contribution is 2.36. The van der Waals surface area contributed by atoms with Crippen molar-refractivity contribution < 1.29 is 21.8 Å². The van der Waals surface area contributed by atoms with Crippen molar-refractivity contribution in [2.75, 3.05) is 6.26 Å². The number of aromatic nitrogens is 3. The fraction of sp³-hybridized carbons (Fsp3) is 0.250. The lowest BCUT2D eigenvalue weighted by molar-refractivity contribution is -0.137. The maximum atomic E-state index is 13.7. The maximum Gasteiger partial charge on any atom is 0.416 e. The van der Waals surface area contributed by atoms with Crippen LogP contribution >= 0.6 is 0 Å². The van der Waals surface area contributed by atoms with Gasteiger partial charge in [-0.15, -0.1) is 0 Å². The van der Waals surface area contributed by atoms with Crippen LogP contribution in [0.25, 0.3) is 16.8 Å². The second-order valence-electron chi connectivity index (χ2n) is 8.47. The third-order valence-corrected chi connectivity index (χ3v) is 6.32. The van der Waals surface area contributed by atoms with Gasteiger partial charge >= 0.3 is 6.18 Å². The summed E-state index contributed by atoms with van der Waals surface area (Å²) < 4.78 is 66.8. The third kappa shape index (κ3) is 4.55. The summed E-state index contributed by atoms with van der Waals surface area (Å²) in [6, 6.07) is 12.8. The van der Waals surface area contributed by atoms with Crippen LogP contribution in [0.2, 0.25) is 0 Å². The summed E-state index contributed by atoms with van der Waals surface area (Å²) in [5, 5.41) is 4.78. The predicted octanol–water partition coefficient (Wildman–Crippen LogP) is 5.81. The van der Waals surface area contributed by atoms with Crippen LogP contribution in [0.4, 0.5) is 17.6 Å². The molecule has 33 heavy (non-hydrogen) atoms. The molecule has 0 saturated heterocycles. The number of fused-ring (bicyclic) bond motifs is 1. The van der Waals surface area contributed by atoms with Gasteiger partial charge in [0.25, 0.3) is 0 Å². The molecule has 2 aromatic heterocycles. The molecule has 2 aromatic carbocycles. The molecule has 0 bridgehead atoms. The smallest absolute Gasteiger partial charge is 0.253 e. The Hall–Kier alpha value is -3.07. The molecule has 0 fully saturated rings. The Kier molecular flexibility index (Phi) is 5.86. The Morgan fingerprint density at radius 2 is 1.73 bits per heavy atom. The van der Waals surface area contributed by atoms with Gasteiger partial charge in [0.05, 0.1) is 27.6 Å². The van der Waals surface area contributed by atoms with Crippen LogP contribution in [0.1, 0.15) is 30.7 Å². The van der Waals surface area contributed by atoms with Crippen molar-refractivity contribution >= 4 is 16.4 Å². The first-order valence-corrected chi connectivity index (χ1v) is 11.7. The fourth-order valence-electron chi connectivity index (χ4n) is 3.97. The van der Waals surface area contributed by atoms with E-state index in [2.05, 4.69) is 10.1 Å². The van der Waals surface area contributed by atoms with E-state index in [0.29, 0.717) is 23.2 Å². The highest BCUT2D eigenvalue weighted by atomic mass is 32.2. The summed E-state index contributed by atoms with van der Waals surface area (Å²) >= 11 is 0. The van der Waals surface area contributed by atoms with Crippen molar-refractivity contribution in [3.8, 4) is 11.1 Å². The van der Waals surface area contributed by atoms with Crippen LogP contribution < -0.4 is 0 Å². The minimum atomic E-state index is -4.46. The standard InChI is InChI=1S/C24H21F4N3OS/c1-23(2,14-15-5-4-6-18(25)13-15)19-11-12-29-21-20(22(33(3)32)30-31(19)21)16-7-9-17(10-8-16)24(26,27)28/h4-13H,14H2,1-3H3. The number of rotatable bonds is 5. The molecule has 9 heteroatoms. The summed E-state index contributed by atoms with van der Waals surface area (Å²) in [6.45, 7) is 3.96. The minimum absolute atomic E-state index is 0.233. The van der Waals surface area contributed by atoms with E-state index in [4.69, 9.17) is 0 Å². The molecule has 0 radical (unpaired) electrons. The van der Waals surface area contributed by atoms with E-state index in [9.17, 15) is 21.8 Å². The molecule has 0 amide bonds. The van der Waals surface area contributed by atoms with E-state index >= 15 is 0 Å². The SMILES string of the molecule is CS(=O)c1nn2c(C(C)(C)Cc3cccc(F)c3)ccnc2c1-c1ccc(C(F)(F)F)cc1. The second kappa shape index (κ2) is 8.37. The topological polar surface area (TPSA) is 47.3 Å². The first-order chi connectivity index (χ1) is 15.5. The number of alkyl halides is 3. The summed E-state index contributed by atoms with van der Waals surface area (Å²) in [6.07, 6.45) is -0.894. The van der Waals surface area contributed by atoms with E-state index in [1.807, 2.05) is 19.9 Å². The molecule has 0 spiro atoms. The summed E-state index contributed by atoms with van der Waals surface area (Å²) in [7, 11) is -1.52. The molecule has 1 unspecified atom stereocenters. The van der Waals surface area contributed by atoms with Crippen LogP contribution in [0.5, 0.6) is 0 Å². The van der Waals surface area contributed by atoms with Gasteiger partial charge in [0.2, 0.25) is 0 Å². The van der Waals surface area contributed by atoms with Crippen molar-refractivity contribution in [3.05, 3.63) is 83.4 Å². The zero-order valence-electron chi connectivity index (χ0n) is 18.2. The Balaban J connectivity index is 1.86. The Bertz CT molecular complexity index is 1340. The first-order valence-electron chi connectivity index (χ1n) is 10.1. The van der Waals surface area contributed by atoms with Crippen molar-refractivity contribution in [1.82, 2.24) is 14.6 Å². The van der Waals surface area contributed by atoms with Crippen LogP contribution in [0, 0.1) is 5.82 Å². The van der Waals surface area contributed by atoms with Gasteiger partial charge < -0.3 is 0 Å². The molecule has 0 aliphatic carbocycles. The monoisotopic (exact) mass is 475 g/mol. The van der Waals surface area contributed by atoms with E-state index < -0.39 is 28.0 Å². The summed E-state index contributed by atoms with van der Waals surface area (Å²) in [5.74, 6) is -0.324. The average molecular weight is 476 g/mol. The van der Waals surface area contributed by atoms with Gasteiger partial charge in [-0.1, -0.05) is 38.1 Å². The van der Waals surface area contributed by atoms with E-state index in [1.54, 1.807) is 22.8 Å². The van der Waals surface area contributed by atoms with Gasteiger partial charge in [0.15, 0.2) is 10.7 Å². The van der Waals surface area contributed by atoms with Crippen LogP contribution in [-0.2, 0) is 28.8 Å². The second-order valence-corrected chi connectivity index (χ2v) is 9.76. The Labute approximate surface area is 190 Å². The van der Waals surface area contributed by atoms with Gasteiger partial charge in [-0.3, -0.25) is 4.21 Å². The van der Waals surface area contributed by atoms with Crippen LogP contribution in [0.3, 0.4) is 0 Å². The number of hydrogen-bond donors (Lipinski definition) is 0. The molecule has 0 N–H and O–H groups in total. The number of halogens is 4. The lowest BCUT2D eigenvalue weighted by Crippen LogP contribution is -2.24. The van der Waals surface area contributed by atoms with Crippen LogP contribution in [-0.4, -0.2) is 25.1 Å². The lowest BCUT2D eigenvalue weighted by atomic mass is 9.82. The summed E-state index contributed by atoms with van der Waals surface area (Å²) in [5.41, 5.74) is 1.53. The highest BCUT2D eigenvalue weighted by molar-refractivity contribution is 7.84. The van der Waals surface area contributed by atoms with Crippen molar-refractivity contribution in [2.45, 2.75) is 36.9 Å². The van der Waals surface area contributed by atoms with E-state index in [0.717, 1.165) is 23.4 Å². The highest BCUT2D eigenvalue weighted by Gasteiger charge is 2.31. The Morgan fingerprint density at radius 1 is 1.03 bits per heavy atom. The van der Waals surface area contributed by atoms with Gasteiger partial charge in [0, 0.05) is 17.9 Å². The van der Waals surface area contributed by atoms with Gasteiger partial charge in [0.1, 0.15) is 5.82 Å². The lowest BCUT2D eigenvalue weighted by Gasteiger charge is -2.25. The van der Waals surface area contributed by atoms with Gasteiger partial charge in [-0.05, 0) is 47.9 Å². The van der Waals surface area contributed by atoms with Gasteiger partial charge in [-0.25, -0.2) is 13.9 Å². The van der Waals surface area contributed by atoms with Crippen LogP contribution in [0.15, 0.2) is 65.8 Å². The molecule has 1 atom stereocenters. The maximum absolute atomic E-state index is 13.7. The molecule has 4 rings (SSSR count). The zero-order valence-corrected chi connectivity index (χ0v) is 19.0. The molecule has 0 aliphatic heterocycles. The van der Waals surface area contributed by atoms with Crippen molar-refractivity contribution in [2.24, 2.45) is 0 Å². The predicted molar refractivity (Wildman–Crippen MR) is 119 cm³/mol. The average Bonchev–Trinajstić information content (AvgIpc) is 3.13. The first kappa shape index (κ1) is 23.1. The molecule has 0 aliphatic rings. The van der Waals surface area contributed by atoms with Gasteiger partial charge in [-0.2, -0.15) is 18.3 Å². The molecule has 4 nitrogen and oxygen atoms in total. The van der Waals surface area contributed by atoms with E-state index in [1.165, 1.54) is 30.5 Å². The number of nitrogens with zero attached hydrogens (tertiary/aromatic N) is 3. The van der Waals surface area contributed by atoms with E-state index in [-0.39, 0.29) is 10.8 Å². The molecule has 172 valence electrons. The fourth-order valence-corrected chi connectivity index (χ4v) is 4.66. The normalized spacial score (nSPS) is 13.4. The minimum Gasteiger partial charge on any atom is -0.253 e. The quantitative estimate of drug-likeness (QED) is 0.342. The van der Waals surface area contributed by atoms with Crippen molar-refractivity contribution in [3.63, 3.8) is 0 Å². The zero-order chi connectivity index (χ0) is 24.0. The molecular weight excluding hydrogens is 454 g/mol. The number of hydrogen-bond acceptors (Lipinski definition) is 3. The molecular formula is C24H21F4N3OS. The third-order valence-electron chi connectivity index (χ3n) is 5.49. The molecule has 4 aromatic rings. The largest absolute Gasteiger partial charge is 0.416 e. The number of benzene rings is 2.